The molecule has 1 rings (SSSR count). The van der Waals surface area contributed by atoms with Crippen LogP contribution in [0.4, 0.5) is 0 Å². The Kier molecular flexibility index (Phi) is 5.26. The molecule has 3 heteroatoms. The van der Waals surface area contributed by atoms with Gasteiger partial charge in [0.05, 0.1) is 6.42 Å². The number of carbonyl (C=O) groups is 1. The van der Waals surface area contributed by atoms with Gasteiger partial charge in [0.1, 0.15) is 0 Å². The van der Waals surface area contributed by atoms with Crippen molar-refractivity contribution in [2.45, 2.75) is 64.5 Å². The zero-order chi connectivity index (χ0) is 12.1. The Morgan fingerprint density at radius 3 is 2.38 bits per heavy atom. The topological polar surface area (TPSA) is 40.5 Å². The van der Waals surface area contributed by atoms with Crippen LogP contribution >= 0.6 is 0 Å². The van der Waals surface area contributed by atoms with Gasteiger partial charge in [-0.15, -0.1) is 0 Å². The summed E-state index contributed by atoms with van der Waals surface area (Å²) in [6.07, 6.45) is 6.64. The lowest BCUT2D eigenvalue weighted by Gasteiger charge is -2.37. The molecule has 1 atom stereocenters. The molecule has 0 spiro atoms. The predicted molar refractivity (Wildman–Crippen MR) is 65.5 cm³/mol. The van der Waals surface area contributed by atoms with Gasteiger partial charge in [0, 0.05) is 12.1 Å². The van der Waals surface area contributed by atoms with Gasteiger partial charge in [0.15, 0.2) is 0 Å². The summed E-state index contributed by atoms with van der Waals surface area (Å²) >= 11 is 0. The Morgan fingerprint density at radius 1 is 1.38 bits per heavy atom. The largest absolute Gasteiger partial charge is 0.481 e. The summed E-state index contributed by atoms with van der Waals surface area (Å²) < 4.78 is 0. The molecule has 94 valence electrons. The highest BCUT2D eigenvalue weighted by Crippen LogP contribution is 2.29. The molecule has 0 amide bonds. The second kappa shape index (κ2) is 6.24. The zero-order valence-corrected chi connectivity index (χ0v) is 10.8. The van der Waals surface area contributed by atoms with Crippen molar-refractivity contribution in [3.63, 3.8) is 0 Å². The van der Waals surface area contributed by atoms with E-state index in [1.165, 1.54) is 32.1 Å². The molecule has 0 aromatic rings. The highest BCUT2D eigenvalue weighted by molar-refractivity contribution is 5.67. The highest BCUT2D eigenvalue weighted by Gasteiger charge is 2.26. The molecule has 0 aromatic heterocycles. The molecule has 16 heavy (non-hydrogen) atoms. The van der Waals surface area contributed by atoms with Gasteiger partial charge in [-0.05, 0) is 45.6 Å². The fraction of sp³-hybridized carbons (Fsp3) is 0.923. The van der Waals surface area contributed by atoms with E-state index in [1.54, 1.807) is 0 Å². The average molecular weight is 227 g/mol. The van der Waals surface area contributed by atoms with Crippen LogP contribution in [-0.4, -0.2) is 35.1 Å². The van der Waals surface area contributed by atoms with Crippen molar-refractivity contribution in [2.24, 2.45) is 5.92 Å². The molecule has 1 aliphatic carbocycles. The molecule has 0 radical (unpaired) electrons. The van der Waals surface area contributed by atoms with Crippen molar-refractivity contribution in [1.82, 2.24) is 4.90 Å². The van der Waals surface area contributed by atoms with Crippen molar-refractivity contribution in [1.29, 1.82) is 0 Å². The van der Waals surface area contributed by atoms with E-state index in [2.05, 4.69) is 18.9 Å². The van der Waals surface area contributed by atoms with E-state index in [-0.39, 0.29) is 12.5 Å². The number of carboxylic acid groups (broad SMARTS) is 1. The number of carboxylic acids is 1. The summed E-state index contributed by atoms with van der Waals surface area (Å²) in [7, 11) is 2.07. The lowest BCUT2D eigenvalue weighted by Crippen LogP contribution is -2.41. The molecule has 0 aliphatic heterocycles. The Hall–Kier alpha value is -0.570. The fourth-order valence-corrected chi connectivity index (χ4v) is 2.72. The number of hydrogen-bond acceptors (Lipinski definition) is 2. The predicted octanol–water partition coefficient (Wildman–Crippen LogP) is 2.75. The van der Waals surface area contributed by atoms with Crippen LogP contribution in [0.2, 0.25) is 0 Å². The van der Waals surface area contributed by atoms with Gasteiger partial charge in [-0.1, -0.05) is 13.3 Å². The first-order valence-electron chi connectivity index (χ1n) is 6.48. The van der Waals surface area contributed by atoms with E-state index < -0.39 is 5.97 Å². The summed E-state index contributed by atoms with van der Waals surface area (Å²) in [6, 6.07) is 0.748. The summed E-state index contributed by atoms with van der Waals surface area (Å²) in [5.74, 6) is 0.209. The van der Waals surface area contributed by atoms with Crippen LogP contribution in [0, 0.1) is 5.92 Å². The van der Waals surface area contributed by atoms with E-state index in [0.717, 1.165) is 5.92 Å². The Balaban J connectivity index is 2.37. The van der Waals surface area contributed by atoms with Crippen molar-refractivity contribution in [3.8, 4) is 0 Å². The van der Waals surface area contributed by atoms with E-state index in [4.69, 9.17) is 5.11 Å². The number of rotatable bonds is 5. The van der Waals surface area contributed by atoms with Crippen molar-refractivity contribution in [3.05, 3.63) is 0 Å². The van der Waals surface area contributed by atoms with Crippen LogP contribution in [0.1, 0.15) is 52.4 Å². The molecule has 0 heterocycles. The second-order valence-corrected chi connectivity index (χ2v) is 5.20. The monoisotopic (exact) mass is 227 g/mol. The van der Waals surface area contributed by atoms with Crippen LogP contribution in [0.5, 0.6) is 0 Å². The Morgan fingerprint density at radius 2 is 1.94 bits per heavy atom. The van der Waals surface area contributed by atoms with Gasteiger partial charge in [0.2, 0.25) is 0 Å². The maximum Gasteiger partial charge on any atom is 0.304 e. The molecule has 0 bridgehead atoms. The Bertz CT molecular complexity index is 222. The lowest BCUT2D eigenvalue weighted by atomic mass is 9.83. The molecule has 1 fully saturated rings. The summed E-state index contributed by atoms with van der Waals surface area (Å²) in [5.41, 5.74) is 0. The third kappa shape index (κ3) is 3.78. The first-order valence-corrected chi connectivity index (χ1v) is 6.48. The normalized spacial score (nSPS) is 28.0. The third-order valence-electron chi connectivity index (χ3n) is 4.13. The minimum absolute atomic E-state index is 0.153. The number of nitrogens with zero attached hydrogens (tertiary/aromatic N) is 1. The first kappa shape index (κ1) is 13.5. The molecule has 1 aliphatic rings. The SMILES string of the molecule is CCC1CCC(N(C)C(C)CC(=O)O)CC1. The van der Waals surface area contributed by atoms with Gasteiger partial charge in [0.25, 0.3) is 0 Å². The molecule has 3 nitrogen and oxygen atoms in total. The third-order valence-corrected chi connectivity index (χ3v) is 4.13. The van der Waals surface area contributed by atoms with E-state index in [1.807, 2.05) is 6.92 Å². The van der Waals surface area contributed by atoms with Gasteiger partial charge in [-0.2, -0.15) is 0 Å². The smallest absolute Gasteiger partial charge is 0.304 e. The lowest BCUT2D eigenvalue weighted by molar-refractivity contribution is -0.138. The van der Waals surface area contributed by atoms with Crippen LogP contribution < -0.4 is 0 Å². The maximum atomic E-state index is 10.7. The van der Waals surface area contributed by atoms with Crippen molar-refractivity contribution >= 4 is 5.97 Å². The second-order valence-electron chi connectivity index (χ2n) is 5.20. The van der Waals surface area contributed by atoms with E-state index in [9.17, 15) is 4.79 Å². The molecule has 1 saturated carbocycles. The quantitative estimate of drug-likeness (QED) is 0.785. The molecule has 1 N–H and O–H groups in total. The van der Waals surface area contributed by atoms with Gasteiger partial charge < -0.3 is 10.0 Å². The zero-order valence-electron chi connectivity index (χ0n) is 10.8. The van der Waals surface area contributed by atoms with Crippen LogP contribution in [0.25, 0.3) is 0 Å². The molecule has 0 saturated heterocycles. The van der Waals surface area contributed by atoms with Gasteiger partial charge >= 0.3 is 5.97 Å². The molecule has 0 aromatic carbocycles. The summed E-state index contributed by atoms with van der Waals surface area (Å²) in [4.78, 5) is 12.9. The molecule has 1 unspecified atom stereocenters. The number of hydrogen-bond donors (Lipinski definition) is 1. The van der Waals surface area contributed by atoms with E-state index >= 15 is 0 Å². The maximum absolute atomic E-state index is 10.7. The van der Waals surface area contributed by atoms with Crippen molar-refractivity contribution < 1.29 is 9.90 Å². The van der Waals surface area contributed by atoms with Gasteiger partial charge in [-0.3, -0.25) is 4.79 Å². The van der Waals surface area contributed by atoms with Gasteiger partial charge in [-0.25, -0.2) is 0 Å². The molecular formula is C13H25NO2. The fourth-order valence-electron chi connectivity index (χ4n) is 2.72. The minimum atomic E-state index is -0.693. The summed E-state index contributed by atoms with van der Waals surface area (Å²) in [6.45, 7) is 4.28. The number of aliphatic carboxylic acids is 1. The standard InChI is InChI=1S/C13H25NO2/c1-4-11-5-7-12(8-6-11)14(3)10(2)9-13(15)16/h10-12H,4-9H2,1-3H3,(H,15,16). The highest BCUT2D eigenvalue weighted by atomic mass is 16.4. The Labute approximate surface area is 98.8 Å². The average Bonchev–Trinajstić information content (AvgIpc) is 2.27. The van der Waals surface area contributed by atoms with E-state index in [0.29, 0.717) is 6.04 Å². The molecular weight excluding hydrogens is 202 g/mol. The van der Waals surface area contributed by atoms with Crippen LogP contribution in [-0.2, 0) is 4.79 Å². The minimum Gasteiger partial charge on any atom is -0.481 e. The first-order chi connectivity index (χ1) is 7.54. The summed E-state index contributed by atoms with van der Waals surface area (Å²) in [5, 5.41) is 8.78. The van der Waals surface area contributed by atoms with Crippen molar-refractivity contribution in [2.75, 3.05) is 7.05 Å². The van der Waals surface area contributed by atoms with Crippen LogP contribution in [0.15, 0.2) is 0 Å². The van der Waals surface area contributed by atoms with Crippen LogP contribution in [0.3, 0.4) is 0 Å².